The Balaban J connectivity index is 1.84. The molecule has 0 aliphatic heterocycles. The zero-order chi connectivity index (χ0) is 20.1. The Bertz CT molecular complexity index is 1030. The van der Waals surface area contributed by atoms with Gasteiger partial charge in [0.1, 0.15) is 11.4 Å². The third kappa shape index (κ3) is 4.76. The van der Waals surface area contributed by atoms with E-state index < -0.39 is 24.2 Å². The lowest BCUT2D eigenvalue weighted by molar-refractivity contribution is -0.153. The predicted molar refractivity (Wildman–Crippen MR) is 95.8 cm³/mol. The van der Waals surface area contributed by atoms with E-state index in [2.05, 4.69) is 10.4 Å². The highest BCUT2D eigenvalue weighted by molar-refractivity contribution is 6.03. The molecule has 28 heavy (non-hydrogen) atoms. The van der Waals surface area contributed by atoms with Crippen molar-refractivity contribution in [2.45, 2.75) is 6.18 Å². The third-order valence-corrected chi connectivity index (χ3v) is 3.56. The average molecular weight is 389 g/mol. The standard InChI is InChI=1S/C19H14F3N3O3/c20-19(21,22)12-28-16-9-5-4-8-14(16)23-18(27)15-10-11-17(26)25(24-15)13-6-2-1-3-7-13/h1-11H,12H2,(H,23,27). The maximum absolute atomic E-state index is 12.5. The van der Waals surface area contributed by atoms with Gasteiger partial charge in [0.15, 0.2) is 6.61 Å². The lowest BCUT2D eigenvalue weighted by Gasteiger charge is -2.14. The highest BCUT2D eigenvalue weighted by Crippen LogP contribution is 2.26. The molecule has 6 nitrogen and oxygen atoms in total. The fourth-order valence-corrected chi connectivity index (χ4v) is 2.33. The molecule has 2 aromatic carbocycles. The largest absolute Gasteiger partial charge is 0.482 e. The number of nitrogens with zero attached hydrogens (tertiary/aromatic N) is 2. The zero-order valence-corrected chi connectivity index (χ0v) is 14.3. The molecule has 144 valence electrons. The van der Waals surface area contributed by atoms with E-state index in [-0.39, 0.29) is 17.1 Å². The fraction of sp³-hybridized carbons (Fsp3) is 0.105. The number of anilines is 1. The zero-order valence-electron chi connectivity index (χ0n) is 14.3. The number of rotatable bonds is 5. The molecule has 0 atom stereocenters. The molecule has 0 unspecified atom stereocenters. The SMILES string of the molecule is O=C(Nc1ccccc1OCC(F)(F)F)c1ccc(=O)n(-c2ccccc2)n1. The van der Waals surface area contributed by atoms with Crippen molar-refractivity contribution in [3.63, 3.8) is 0 Å². The number of hydrogen-bond donors (Lipinski definition) is 1. The molecule has 1 heterocycles. The summed E-state index contributed by atoms with van der Waals surface area (Å²) in [6, 6.07) is 16.6. The van der Waals surface area contributed by atoms with Gasteiger partial charge >= 0.3 is 6.18 Å². The summed E-state index contributed by atoms with van der Waals surface area (Å²) in [4.78, 5) is 24.5. The number of amides is 1. The second-order valence-corrected chi connectivity index (χ2v) is 5.66. The first-order valence-electron chi connectivity index (χ1n) is 8.09. The molecule has 1 amide bonds. The molecule has 0 saturated carbocycles. The monoisotopic (exact) mass is 389 g/mol. The van der Waals surface area contributed by atoms with Gasteiger partial charge in [0, 0.05) is 6.07 Å². The average Bonchev–Trinajstić information content (AvgIpc) is 2.67. The van der Waals surface area contributed by atoms with Crippen molar-refractivity contribution in [3.05, 3.63) is 82.8 Å². The molecule has 3 rings (SSSR count). The molecule has 0 saturated heterocycles. The maximum atomic E-state index is 12.5. The Morgan fingerprint density at radius 1 is 1.00 bits per heavy atom. The minimum absolute atomic E-state index is 0.0519. The van der Waals surface area contributed by atoms with Gasteiger partial charge in [-0.25, -0.2) is 0 Å². The Labute approximate surface area is 157 Å². The van der Waals surface area contributed by atoms with E-state index in [1.54, 1.807) is 30.3 Å². The summed E-state index contributed by atoms with van der Waals surface area (Å²) in [7, 11) is 0. The van der Waals surface area contributed by atoms with Crippen LogP contribution < -0.4 is 15.6 Å². The number of carbonyl (C=O) groups is 1. The van der Waals surface area contributed by atoms with E-state index in [4.69, 9.17) is 4.74 Å². The van der Waals surface area contributed by atoms with E-state index in [9.17, 15) is 22.8 Å². The van der Waals surface area contributed by atoms with E-state index in [1.807, 2.05) is 0 Å². The van der Waals surface area contributed by atoms with Crippen molar-refractivity contribution < 1.29 is 22.7 Å². The smallest absolute Gasteiger partial charge is 0.422 e. The molecule has 3 aromatic rings. The van der Waals surface area contributed by atoms with Crippen LogP contribution in [0.1, 0.15) is 10.5 Å². The molecular formula is C19H14F3N3O3. The first-order valence-corrected chi connectivity index (χ1v) is 8.09. The molecule has 1 aromatic heterocycles. The van der Waals surface area contributed by atoms with Crippen LogP contribution in [0.25, 0.3) is 5.69 Å². The van der Waals surface area contributed by atoms with Gasteiger partial charge < -0.3 is 10.1 Å². The number of nitrogens with one attached hydrogen (secondary N) is 1. The molecule has 1 N–H and O–H groups in total. The minimum atomic E-state index is -4.51. The number of hydrogen-bond acceptors (Lipinski definition) is 4. The van der Waals surface area contributed by atoms with Gasteiger partial charge in [0.2, 0.25) is 0 Å². The molecule has 0 bridgehead atoms. The van der Waals surface area contributed by atoms with Gasteiger partial charge in [0.25, 0.3) is 11.5 Å². The second-order valence-electron chi connectivity index (χ2n) is 5.66. The van der Waals surface area contributed by atoms with Gasteiger partial charge in [-0.1, -0.05) is 30.3 Å². The summed E-state index contributed by atoms with van der Waals surface area (Å²) in [6.07, 6.45) is -4.51. The van der Waals surface area contributed by atoms with Crippen LogP contribution in [0.3, 0.4) is 0 Å². The summed E-state index contributed by atoms with van der Waals surface area (Å²) in [5.74, 6) is -0.836. The number of alkyl halides is 3. The number of ether oxygens (including phenoxy) is 1. The third-order valence-electron chi connectivity index (χ3n) is 3.56. The topological polar surface area (TPSA) is 73.2 Å². The summed E-state index contributed by atoms with van der Waals surface area (Å²) in [5.41, 5.74) is -0.00203. The van der Waals surface area contributed by atoms with Crippen molar-refractivity contribution in [2.24, 2.45) is 0 Å². The lowest BCUT2D eigenvalue weighted by Crippen LogP contribution is -2.25. The van der Waals surface area contributed by atoms with Gasteiger partial charge in [-0.05, 0) is 30.3 Å². The molecule has 0 spiro atoms. The Hall–Kier alpha value is -3.62. The molecule has 0 aliphatic carbocycles. The van der Waals surface area contributed by atoms with Crippen LogP contribution in [0.15, 0.2) is 71.5 Å². The van der Waals surface area contributed by atoms with Crippen molar-refractivity contribution in [1.29, 1.82) is 0 Å². The summed E-state index contributed by atoms with van der Waals surface area (Å²) < 4.78 is 43.0. The van der Waals surface area contributed by atoms with Crippen LogP contribution in [0.4, 0.5) is 18.9 Å². The van der Waals surface area contributed by atoms with Crippen LogP contribution in [0.5, 0.6) is 5.75 Å². The van der Waals surface area contributed by atoms with Crippen LogP contribution in [-0.4, -0.2) is 28.5 Å². The van der Waals surface area contributed by atoms with E-state index in [0.29, 0.717) is 5.69 Å². The van der Waals surface area contributed by atoms with Gasteiger partial charge in [-0.2, -0.15) is 23.0 Å². The van der Waals surface area contributed by atoms with Crippen LogP contribution in [-0.2, 0) is 0 Å². The van der Waals surface area contributed by atoms with Crippen molar-refractivity contribution in [3.8, 4) is 11.4 Å². The second kappa shape index (κ2) is 7.95. The van der Waals surface area contributed by atoms with Gasteiger partial charge in [0.05, 0.1) is 11.4 Å². The normalized spacial score (nSPS) is 11.1. The Morgan fingerprint density at radius 2 is 1.68 bits per heavy atom. The molecule has 9 heteroatoms. The summed E-state index contributed by atoms with van der Waals surface area (Å²) in [6.45, 7) is -1.49. The molecule has 0 fully saturated rings. The van der Waals surface area contributed by atoms with Crippen LogP contribution in [0.2, 0.25) is 0 Å². The summed E-state index contributed by atoms with van der Waals surface area (Å²) in [5, 5.41) is 6.48. The van der Waals surface area contributed by atoms with E-state index in [1.165, 1.54) is 36.4 Å². The van der Waals surface area contributed by atoms with Crippen molar-refractivity contribution in [2.75, 3.05) is 11.9 Å². The highest BCUT2D eigenvalue weighted by Gasteiger charge is 2.29. The van der Waals surface area contributed by atoms with Crippen molar-refractivity contribution in [1.82, 2.24) is 9.78 Å². The quantitative estimate of drug-likeness (QED) is 0.726. The molecular weight excluding hydrogens is 375 g/mol. The molecule has 0 aliphatic rings. The predicted octanol–water partition coefficient (Wildman–Crippen LogP) is 3.43. The van der Waals surface area contributed by atoms with Gasteiger partial charge in [-0.15, -0.1) is 0 Å². The van der Waals surface area contributed by atoms with E-state index in [0.717, 1.165) is 4.68 Å². The number of carbonyl (C=O) groups excluding carboxylic acids is 1. The number of halogens is 3. The number of para-hydroxylation sites is 3. The Kier molecular flexibility index (Phi) is 5.44. The highest BCUT2D eigenvalue weighted by atomic mass is 19.4. The van der Waals surface area contributed by atoms with Gasteiger partial charge in [-0.3, -0.25) is 9.59 Å². The molecule has 0 radical (unpaired) electrons. The number of benzene rings is 2. The minimum Gasteiger partial charge on any atom is -0.482 e. The van der Waals surface area contributed by atoms with Crippen LogP contribution >= 0.6 is 0 Å². The Morgan fingerprint density at radius 3 is 2.39 bits per heavy atom. The maximum Gasteiger partial charge on any atom is 0.422 e. The fourth-order valence-electron chi connectivity index (χ4n) is 2.33. The lowest BCUT2D eigenvalue weighted by atomic mass is 10.2. The number of aromatic nitrogens is 2. The first kappa shape index (κ1) is 19.2. The van der Waals surface area contributed by atoms with Crippen molar-refractivity contribution >= 4 is 11.6 Å². The van der Waals surface area contributed by atoms with Crippen LogP contribution in [0, 0.1) is 0 Å². The summed E-state index contributed by atoms with van der Waals surface area (Å²) >= 11 is 0. The first-order chi connectivity index (χ1) is 13.3. The van der Waals surface area contributed by atoms with E-state index >= 15 is 0 Å².